The molecule has 1 aliphatic rings. The Balaban J connectivity index is 1.59. The van der Waals surface area contributed by atoms with Crippen molar-refractivity contribution < 1.29 is 17.9 Å². The molecule has 30 heavy (non-hydrogen) atoms. The Morgan fingerprint density at radius 3 is 2.37 bits per heavy atom. The van der Waals surface area contributed by atoms with E-state index in [9.17, 15) is 13.2 Å². The second kappa shape index (κ2) is 10.0. The number of carbonyl (C=O) groups is 1. The SMILES string of the molecule is CC(Oc1ccc(Cl)cc1Cl)C(=O)Nc1ccc(S(=O)(=O)NC2CCCCC2)cc1. The van der Waals surface area contributed by atoms with Gasteiger partial charge < -0.3 is 10.1 Å². The molecular weight excluding hydrogens is 447 g/mol. The molecule has 0 radical (unpaired) electrons. The molecule has 1 saturated carbocycles. The summed E-state index contributed by atoms with van der Waals surface area (Å²) in [5.41, 5.74) is 0.467. The number of anilines is 1. The average molecular weight is 471 g/mol. The van der Waals surface area contributed by atoms with Gasteiger partial charge in [0.15, 0.2) is 6.10 Å². The number of amides is 1. The summed E-state index contributed by atoms with van der Waals surface area (Å²) in [5, 5.41) is 3.48. The van der Waals surface area contributed by atoms with Crippen molar-refractivity contribution >= 4 is 44.8 Å². The van der Waals surface area contributed by atoms with Crippen molar-refractivity contribution in [2.75, 3.05) is 5.32 Å². The maximum absolute atomic E-state index is 12.6. The molecule has 0 heterocycles. The lowest BCUT2D eigenvalue weighted by Gasteiger charge is -2.22. The van der Waals surface area contributed by atoms with Crippen LogP contribution in [0.25, 0.3) is 0 Å². The van der Waals surface area contributed by atoms with Crippen LogP contribution in [0, 0.1) is 0 Å². The van der Waals surface area contributed by atoms with Crippen LogP contribution in [0.2, 0.25) is 10.0 Å². The first-order chi connectivity index (χ1) is 14.2. The number of carbonyl (C=O) groups excluding carboxylic acids is 1. The van der Waals surface area contributed by atoms with E-state index in [0.717, 1.165) is 32.1 Å². The fourth-order valence-electron chi connectivity index (χ4n) is 3.28. The van der Waals surface area contributed by atoms with Gasteiger partial charge in [0.1, 0.15) is 5.75 Å². The van der Waals surface area contributed by atoms with Crippen LogP contribution in [0.1, 0.15) is 39.0 Å². The Hall–Kier alpha value is -1.80. The van der Waals surface area contributed by atoms with Crippen molar-refractivity contribution in [1.29, 1.82) is 0 Å². The Morgan fingerprint density at radius 1 is 1.07 bits per heavy atom. The third kappa shape index (κ3) is 6.11. The summed E-state index contributed by atoms with van der Waals surface area (Å²) < 4.78 is 33.5. The molecule has 1 atom stereocenters. The number of ether oxygens (including phenoxy) is 1. The molecule has 2 aromatic rings. The van der Waals surface area contributed by atoms with Crippen LogP contribution in [0.15, 0.2) is 47.4 Å². The summed E-state index contributed by atoms with van der Waals surface area (Å²) in [4.78, 5) is 12.6. The topological polar surface area (TPSA) is 84.5 Å². The van der Waals surface area contributed by atoms with Crippen molar-refractivity contribution in [1.82, 2.24) is 4.72 Å². The molecule has 9 heteroatoms. The van der Waals surface area contributed by atoms with Crippen molar-refractivity contribution in [3.63, 3.8) is 0 Å². The highest BCUT2D eigenvalue weighted by Gasteiger charge is 2.22. The van der Waals surface area contributed by atoms with Gasteiger partial charge in [0.05, 0.1) is 9.92 Å². The van der Waals surface area contributed by atoms with Crippen LogP contribution in [-0.2, 0) is 14.8 Å². The molecule has 162 valence electrons. The van der Waals surface area contributed by atoms with Gasteiger partial charge in [-0.1, -0.05) is 42.5 Å². The second-order valence-electron chi connectivity index (χ2n) is 7.30. The van der Waals surface area contributed by atoms with Crippen LogP contribution in [0.3, 0.4) is 0 Å². The Bertz CT molecular complexity index is 991. The molecule has 2 N–H and O–H groups in total. The molecule has 0 spiro atoms. The normalized spacial score (nSPS) is 16.1. The van der Waals surface area contributed by atoms with Gasteiger partial charge in [0.2, 0.25) is 10.0 Å². The highest BCUT2D eigenvalue weighted by molar-refractivity contribution is 7.89. The monoisotopic (exact) mass is 470 g/mol. The van der Waals surface area contributed by atoms with E-state index in [1.807, 2.05) is 0 Å². The summed E-state index contributed by atoms with van der Waals surface area (Å²) in [6.45, 7) is 1.59. The maximum Gasteiger partial charge on any atom is 0.265 e. The first-order valence-electron chi connectivity index (χ1n) is 9.79. The predicted octanol–water partition coefficient (Wildman–Crippen LogP) is 5.01. The van der Waals surface area contributed by atoms with Gasteiger partial charge in [-0.3, -0.25) is 4.79 Å². The zero-order valence-corrected chi connectivity index (χ0v) is 18.9. The summed E-state index contributed by atoms with van der Waals surface area (Å²) in [5.74, 6) is -0.0455. The van der Waals surface area contributed by atoms with E-state index in [0.29, 0.717) is 21.5 Å². The number of benzene rings is 2. The second-order valence-corrected chi connectivity index (χ2v) is 9.86. The number of nitrogens with one attached hydrogen (secondary N) is 2. The molecule has 1 amide bonds. The van der Waals surface area contributed by atoms with E-state index >= 15 is 0 Å². The number of hydrogen-bond donors (Lipinski definition) is 2. The molecule has 1 aliphatic carbocycles. The van der Waals surface area contributed by atoms with Crippen molar-refractivity contribution in [2.24, 2.45) is 0 Å². The van der Waals surface area contributed by atoms with E-state index in [4.69, 9.17) is 27.9 Å². The number of halogens is 2. The van der Waals surface area contributed by atoms with Gasteiger partial charge in [0.25, 0.3) is 5.91 Å². The number of rotatable bonds is 7. The minimum Gasteiger partial charge on any atom is -0.479 e. The van der Waals surface area contributed by atoms with Crippen LogP contribution in [-0.4, -0.2) is 26.5 Å². The quantitative estimate of drug-likeness (QED) is 0.595. The van der Waals surface area contributed by atoms with Crippen molar-refractivity contribution in [2.45, 2.75) is 56.1 Å². The largest absolute Gasteiger partial charge is 0.479 e. The average Bonchev–Trinajstić information content (AvgIpc) is 2.71. The number of sulfonamides is 1. The highest BCUT2D eigenvalue weighted by atomic mass is 35.5. The minimum atomic E-state index is -3.58. The van der Waals surface area contributed by atoms with E-state index in [1.165, 1.54) is 18.2 Å². The molecule has 1 fully saturated rings. The Labute approximate surface area is 187 Å². The van der Waals surface area contributed by atoms with Crippen molar-refractivity contribution in [3.8, 4) is 5.75 Å². The smallest absolute Gasteiger partial charge is 0.265 e. The first kappa shape index (κ1) is 22.9. The molecule has 6 nitrogen and oxygen atoms in total. The zero-order valence-electron chi connectivity index (χ0n) is 16.5. The number of hydrogen-bond acceptors (Lipinski definition) is 4. The highest BCUT2D eigenvalue weighted by Crippen LogP contribution is 2.28. The lowest BCUT2D eigenvalue weighted by Crippen LogP contribution is -2.36. The van der Waals surface area contributed by atoms with Crippen LogP contribution < -0.4 is 14.8 Å². The summed E-state index contributed by atoms with van der Waals surface area (Å²) in [6.07, 6.45) is 4.14. The van der Waals surface area contributed by atoms with Gasteiger partial charge in [-0.15, -0.1) is 0 Å². The van der Waals surface area contributed by atoms with E-state index in [-0.39, 0.29) is 10.9 Å². The van der Waals surface area contributed by atoms with E-state index in [2.05, 4.69) is 10.0 Å². The van der Waals surface area contributed by atoms with E-state index in [1.54, 1.807) is 31.2 Å². The molecule has 0 bridgehead atoms. The molecule has 2 aromatic carbocycles. The zero-order chi connectivity index (χ0) is 21.7. The lowest BCUT2D eigenvalue weighted by molar-refractivity contribution is -0.122. The van der Waals surface area contributed by atoms with Gasteiger partial charge in [-0.2, -0.15) is 0 Å². The third-order valence-corrected chi connectivity index (χ3v) is 6.99. The van der Waals surface area contributed by atoms with Gasteiger partial charge in [-0.05, 0) is 62.2 Å². The van der Waals surface area contributed by atoms with Crippen LogP contribution in [0.4, 0.5) is 5.69 Å². The molecule has 1 unspecified atom stereocenters. The molecular formula is C21H24Cl2N2O4S. The molecule has 0 saturated heterocycles. The summed E-state index contributed by atoms with van der Waals surface area (Å²) in [6, 6.07) is 10.8. The fourth-order valence-corrected chi connectivity index (χ4v) is 5.04. The fraction of sp³-hybridized carbons (Fsp3) is 0.381. The summed E-state index contributed by atoms with van der Waals surface area (Å²) in [7, 11) is -3.58. The van der Waals surface area contributed by atoms with E-state index < -0.39 is 22.0 Å². The third-order valence-electron chi connectivity index (χ3n) is 4.93. The Kier molecular flexibility index (Phi) is 7.63. The van der Waals surface area contributed by atoms with Gasteiger partial charge in [0, 0.05) is 16.8 Å². The minimum absolute atomic E-state index is 0.0131. The molecule has 0 aromatic heterocycles. The summed E-state index contributed by atoms with van der Waals surface area (Å²) >= 11 is 11.9. The maximum atomic E-state index is 12.6. The van der Waals surface area contributed by atoms with Crippen LogP contribution in [0.5, 0.6) is 5.75 Å². The molecule has 0 aliphatic heterocycles. The predicted molar refractivity (Wildman–Crippen MR) is 119 cm³/mol. The Morgan fingerprint density at radius 2 is 1.73 bits per heavy atom. The van der Waals surface area contributed by atoms with Crippen molar-refractivity contribution in [3.05, 3.63) is 52.5 Å². The first-order valence-corrected chi connectivity index (χ1v) is 12.0. The lowest BCUT2D eigenvalue weighted by atomic mass is 9.96. The standard InChI is InChI=1S/C21H24Cl2N2O4S/c1-14(29-20-12-7-15(22)13-19(20)23)21(26)24-16-8-10-18(11-9-16)30(27,28)25-17-5-3-2-4-6-17/h7-14,17,25H,2-6H2,1H3,(H,24,26). The molecule has 3 rings (SSSR count). The van der Waals surface area contributed by atoms with Gasteiger partial charge in [-0.25, -0.2) is 13.1 Å². The van der Waals surface area contributed by atoms with Crippen LogP contribution >= 0.6 is 23.2 Å². The van der Waals surface area contributed by atoms with Gasteiger partial charge >= 0.3 is 0 Å².